The molecule has 3 rings (SSSR count). The molecule has 0 bridgehead atoms. The average molecular weight is 753 g/mol. The van der Waals surface area contributed by atoms with Gasteiger partial charge in [0.2, 0.25) is 0 Å². The summed E-state index contributed by atoms with van der Waals surface area (Å²) in [5.41, 5.74) is 0.257. The number of pyridine rings is 1. The number of unbranched alkanes of at least 4 members (excludes halogenated alkanes) is 3. The van der Waals surface area contributed by atoms with E-state index in [1.165, 1.54) is 30.7 Å². The van der Waals surface area contributed by atoms with Crippen molar-refractivity contribution < 1.29 is 41.7 Å². The van der Waals surface area contributed by atoms with Crippen LogP contribution in [0, 0.1) is 6.92 Å². The summed E-state index contributed by atoms with van der Waals surface area (Å²) in [4.78, 5) is 36.7. The third kappa shape index (κ3) is 12.2. The summed E-state index contributed by atoms with van der Waals surface area (Å²) in [5.74, 6) is 0.525. The van der Waals surface area contributed by atoms with Gasteiger partial charge in [0.25, 0.3) is 5.56 Å². The number of rotatable bonds is 19. The third-order valence-corrected chi connectivity index (χ3v) is 8.41. The van der Waals surface area contributed by atoms with Crippen LogP contribution in [-0.4, -0.2) is 42.9 Å². The second kappa shape index (κ2) is 19.4. The van der Waals surface area contributed by atoms with E-state index in [-0.39, 0.29) is 36.0 Å². The van der Waals surface area contributed by atoms with Gasteiger partial charge in [-0.25, -0.2) is 0 Å². The van der Waals surface area contributed by atoms with E-state index in [2.05, 4.69) is 15.9 Å². The zero-order valence-electron chi connectivity index (χ0n) is 28.6. The van der Waals surface area contributed by atoms with Crippen LogP contribution in [-0.2, 0) is 45.1 Å². The van der Waals surface area contributed by atoms with Crippen LogP contribution in [0.3, 0.4) is 0 Å². The summed E-state index contributed by atoms with van der Waals surface area (Å²) in [6.45, 7) is 6.36. The summed E-state index contributed by atoms with van der Waals surface area (Å²) in [7, 11) is 1.45. The Morgan fingerprint density at radius 3 is 2.20 bits per heavy atom. The van der Waals surface area contributed by atoms with Crippen molar-refractivity contribution in [1.82, 2.24) is 4.57 Å². The molecule has 0 fully saturated rings. The lowest BCUT2D eigenvalue weighted by atomic mass is 9.96. The highest BCUT2D eigenvalue weighted by Crippen LogP contribution is 2.38. The minimum Gasteiger partial charge on any atom is -0.494 e. The fourth-order valence-electron chi connectivity index (χ4n) is 5.43. The van der Waals surface area contributed by atoms with Crippen LogP contribution in [0.5, 0.6) is 11.5 Å². The molecule has 3 aromatic rings. The summed E-state index contributed by atoms with van der Waals surface area (Å²) in [5, 5.41) is 0. The van der Waals surface area contributed by atoms with Crippen molar-refractivity contribution in [3.63, 3.8) is 0 Å². The van der Waals surface area contributed by atoms with Crippen molar-refractivity contribution in [2.75, 3.05) is 26.4 Å². The molecule has 8 nitrogen and oxygen atoms in total. The van der Waals surface area contributed by atoms with E-state index in [1.807, 2.05) is 18.2 Å². The van der Waals surface area contributed by atoms with Gasteiger partial charge in [0.05, 0.1) is 37.6 Å². The maximum absolute atomic E-state index is 13.9. The SMILES string of the molecule is CCOC(=O)CCCOc1cccc(CCCCCCOc2cc(Br)cc(-c3c(C(F)(F)F)cc(C)n(C)c3=O)c2)c1CCC(=O)OCC. The molecule has 0 N–H and O–H groups in total. The number of carbonyl (C=O) groups is 2. The average Bonchev–Trinajstić information content (AvgIpc) is 3.04. The first-order chi connectivity index (χ1) is 23.3. The number of aryl methyl sites for hydroxylation is 2. The van der Waals surface area contributed by atoms with Crippen LogP contribution in [0.1, 0.15) is 81.2 Å². The Hall–Kier alpha value is -3.80. The van der Waals surface area contributed by atoms with Crippen molar-refractivity contribution in [3.8, 4) is 22.6 Å². The molecule has 2 aromatic carbocycles. The molecule has 1 heterocycles. The normalized spacial score (nSPS) is 11.3. The molecule has 0 radical (unpaired) electrons. The van der Waals surface area contributed by atoms with Crippen molar-refractivity contribution in [2.24, 2.45) is 7.05 Å². The monoisotopic (exact) mass is 751 g/mol. The molecular formula is C37H45BrF3NO7. The predicted octanol–water partition coefficient (Wildman–Crippen LogP) is 8.54. The number of esters is 2. The number of alkyl halides is 3. The first-order valence-corrected chi connectivity index (χ1v) is 17.4. The molecule has 0 aliphatic rings. The molecule has 12 heteroatoms. The second-order valence-corrected chi connectivity index (χ2v) is 12.5. The summed E-state index contributed by atoms with van der Waals surface area (Å²) < 4.78 is 65.5. The molecule has 1 aromatic heterocycles. The molecule has 268 valence electrons. The molecule has 0 atom stereocenters. The van der Waals surface area contributed by atoms with Crippen LogP contribution in [0.4, 0.5) is 13.2 Å². The maximum atomic E-state index is 13.9. The summed E-state index contributed by atoms with van der Waals surface area (Å²) in [6, 6.07) is 11.4. The van der Waals surface area contributed by atoms with Gasteiger partial charge in [-0.3, -0.25) is 14.4 Å². The van der Waals surface area contributed by atoms with E-state index in [1.54, 1.807) is 19.9 Å². The minimum atomic E-state index is -4.70. The van der Waals surface area contributed by atoms with Gasteiger partial charge in [0.1, 0.15) is 11.5 Å². The number of halogens is 4. The largest absolute Gasteiger partial charge is 0.494 e. The fourth-order valence-corrected chi connectivity index (χ4v) is 5.90. The summed E-state index contributed by atoms with van der Waals surface area (Å²) in [6.07, 6.45) is 0.950. The Kier molecular flexibility index (Phi) is 15.7. The van der Waals surface area contributed by atoms with E-state index in [9.17, 15) is 27.6 Å². The first kappa shape index (κ1) is 39.6. The lowest BCUT2D eigenvalue weighted by Gasteiger charge is -2.17. The predicted molar refractivity (Wildman–Crippen MR) is 185 cm³/mol. The number of carbonyl (C=O) groups excluding carboxylic acids is 2. The Labute approximate surface area is 294 Å². The number of hydrogen-bond acceptors (Lipinski definition) is 7. The van der Waals surface area contributed by atoms with Crippen molar-refractivity contribution in [1.29, 1.82) is 0 Å². The smallest absolute Gasteiger partial charge is 0.417 e. The van der Waals surface area contributed by atoms with Gasteiger partial charge in [-0.2, -0.15) is 13.2 Å². The van der Waals surface area contributed by atoms with Crippen molar-refractivity contribution in [2.45, 2.75) is 84.7 Å². The third-order valence-electron chi connectivity index (χ3n) is 7.95. The van der Waals surface area contributed by atoms with Crippen LogP contribution in [0.25, 0.3) is 11.1 Å². The van der Waals surface area contributed by atoms with Gasteiger partial charge in [0, 0.05) is 30.1 Å². The van der Waals surface area contributed by atoms with Gasteiger partial charge in [-0.15, -0.1) is 0 Å². The van der Waals surface area contributed by atoms with Gasteiger partial charge in [-0.05, 0) is 99.9 Å². The minimum absolute atomic E-state index is 0.126. The molecule has 0 aliphatic heterocycles. The fraction of sp³-hybridized carbons (Fsp3) is 0.486. The van der Waals surface area contributed by atoms with Crippen LogP contribution in [0.2, 0.25) is 0 Å². The Balaban J connectivity index is 1.58. The number of aromatic nitrogens is 1. The van der Waals surface area contributed by atoms with E-state index in [4.69, 9.17) is 18.9 Å². The number of benzene rings is 2. The molecule has 0 saturated heterocycles. The maximum Gasteiger partial charge on any atom is 0.417 e. The van der Waals surface area contributed by atoms with Gasteiger partial charge in [0.15, 0.2) is 0 Å². The zero-order valence-corrected chi connectivity index (χ0v) is 30.1. The van der Waals surface area contributed by atoms with Crippen LogP contribution in [0.15, 0.2) is 51.7 Å². The first-order valence-electron chi connectivity index (χ1n) is 16.6. The van der Waals surface area contributed by atoms with Gasteiger partial charge < -0.3 is 23.5 Å². The molecular weight excluding hydrogens is 707 g/mol. The Bertz CT molecular complexity index is 1620. The van der Waals surface area contributed by atoms with Crippen LogP contribution < -0.4 is 15.0 Å². The van der Waals surface area contributed by atoms with Crippen LogP contribution >= 0.6 is 15.9 Å². The highest BCUT2D eigenvalue weighted by molar-refractivity contribution is 9.10. The lowest BCUT2D eigenvalue weighted by Crippen LogP contribution is -2.25. The summed E-state index contributed by atoms with van der Waals surface area (Å²) >= 11 is 3.35. The van der Waals surface area contributed by atoms with E-state index < -0.39 is 22.9 Å². The topological polar surface area (TPSA) is 93.1 Å². The molecule has 0 saturated carbocycles. The number of hydrogen-bond donors (Lipinski definition) is 0. The highest BCUT2D eigenvalue weighted by atomic mass is 79.9. The Morgan fingerprint density at radius 1 is 0.837 bits per heavy atom. The number of ether oxygens (including phenoxy) is 4. The van der Waals surface area contributed by atoms with E-state index in [0.29, 0.717) is 55.2 Å². The van der Waals surface area contributed by atoms with E-state index in [0.717, 1.165) is 49.3 Å². The molecule has 0 amide bonds. The Morgan fingerprint density at radius 2 is 1.51 bits per heavy atom. The van der Waals surface area contributed by atoms with Crippen molar-refractivity contribution >= 4 is 27.9 Å². The molecule has 49 heavy (non-hydrogen) atoms. The lowest BCUT2D eigenvalue weighted by molar-refractivity contribution is -0.144. The van der Waals surface area contributed by atoms with Gasteiger partial charge in [-0.1, -0.05) is 40.9 Å². The van der Waals surface area contributed by atoms with Gasteiger partial charge >= 0.3 is 18.1 Å². The molecule has 0 aliphatic carbocycles. The highest BCUT2D eigenvalue weighted by Gasteiger charge is 2.36. The molecule has 0 spiro atoms. The quantitative estimate of drug-likeness (QED) is 0.0896. The number of nitrogens with zero attached hydrogens (tertiary/aromatic N) is 1. The van der Waals surface area contributed by atoms with E-state index >= 15 is 0 Å². The zero-order chi connectivity index (χ0) is 36.0. The van der Waals surface area contributed by atoms with Crippen molar-refractivity contribution in [3.05, 3.63) is 79.7 Å². The second-order valence-electron chi connectivity index (χ2n) is 11.6. The standard InChI is InChI=1S/C37H45BrF3NO7/c1-5-46-33(43)16-12-20-49-32-15-11-14-26(30(32)17-18-34(44)47-6-2)13-9-7-8-10-19-48-29-23-27(22-28(38)24-29)35-31(37(39,40)41)21-25(3)42(4)36(35)45/h11,14-15,21-24H,5-10,12-13,16-20H2,1-4H3. The molecule has 0 unspecified atom stereocenters.